The number of rotatable bonds is 7. The Kier molecular flexibility index (Phi) is 4.79. The minimum absolute atomic E-state index is 0.106. The second-order valence-electron chi connectivity index (χ2n) is 10.7. The van der Waals surface area contributed by atoms with Gasteiger partial charge in [0.05, 0.1) is 5.54 Å². The van der Waals surface area contributed by atoms with Crippen molar-refractivity contribution < 1.29 is 9.59 Å². The van der Waals surface area contributed by atoms with Crippen molar-refractivity contribution in [3.63, 3.8) is 0 Å². The molecule has 2 N–H and O–H groups in total. The van der Waals surface area contributed by atoms with Gasteiger partial charge in [0.2, 0.25) is 11.8 Å². The number of nitrogens with one attached hydrogen (secondary N) is 2. The zero-order valence-electron chi connectivity index (χ0n) is 17.7. The van der Waals surface area contributed by atoms with Gasteiger partial charge in [0.25, 0.3) is 0 Å². The van der Waals surface area contributed by atoms with Crippen LogP contribution in [-0.2, 0) is 16.0 Å². The highest BCUT2D eigenvalue weighted by atomic mass is 16.2. The molecule has 3 aliphatic carbocycles. The van der Waals surface area contributed by atoms with Gasteiger partial charge >= 0.3 is 0 Å². The third-order valence-electron chi connectivity index (χ3n) is 6.70. The van der Waals surface area contributed by atoms with Crippen molar-refractivity contribution in [1.29, 1.82) is 0 Å². The first-order valence-electron chi connectivity index (χ1n) is 10.8. The summed E-state index contributed by atoms with van der Waals surface area (Å²) in [6.07, 6.45) is 4.57. The van der Waals surface area contributed by atoms with Crippen molar-refractivity contribution in [2.75, 3.05) is 6.54 Å². The monoisotopic (exact) mass is 382 g/mol. The van der Waals surface area contributed by atoms with E-state index in [1.165, 1.54) is 11.1 Å². The first-order chi connectivity index (χ1) is 13.2. The molecule has 4 heteroatoms. The van der Waals surface area contributed by atoms with Crippen LogP contribution in [0, 0.1) is 23.2 Å². The number of hydrogen-bond donors (Lipinski definition) is 2. The lowest BCUT2D eigenvalue weighted by atomic mass is 9.84. The van der Waals surface area contributed by atoms with Crippen LogP contribution in [0.2, 0.25) is 0 Å². The molecule has 152 valence electrons. The van der Waals surface area contributed by atoms with Crippen LogP contribution in [0.3, 0.4) is 0 Å². The number of hydrogen-bond acceptors (Lipinski definition) is 2. The number of amides is 2. The number of carbonyl (C=O) groups excluding carboxylic acids is 2. The molecule has 4 atom stereocenters. The van der Waals surface area contributed by atoms with Gasteiger partial charge in [0.1, 0.15) is 0 Å². The Morgan fingerprint density at radius 2 is 1.93 bits per heavy atom. The maximum Gasteiger partial charge on any atom is 0.224 e. The highest BCUT2D eigenvalue weighted by Crippen LogP contribution is 2.61. The highest BCUT2D eigenvalue weighted by Gasteiger charge is 2.60. The number of benzene rings is 1. The Hall–Kier alpha value is -1.84. The lowest BCUT2D eigenvalue weighted by Gasteiger charge is -2.23. The molecule has 4 unspecified atom stereocenters. The van der Waals surface area contributed by atoms with Crippen molar-refractivity contribution in [2.24, 2.45) is 23.2 Å². The lowest BCUT2D eigenvalue weighted by molar-refractivity contribution is -0.125. The minimum atomic E-state index is -0.198. The summed E-state index contributed by atoms with van der Waals surface area (Å²) in [6, 6.07) is 8.53. The van der Waals surface area contributed by atoms with Crippen molar-refractivity contribution in [2.45, 2.75) is 71.3 Å². The molecule has 4 rings (SSSR count). The van der Waals surface area contributed by atoms with Gasteiger partial charge in [-0.2, -0.15) is 0 Å². The molecule has 1 aromatic carbocycles. The molecule has 0 saturated heterocycles. The molecule has 0 aliphatic heterocycles. The van der Waals surface area contributed by atoms with Crippen LogP contribution < -0.4 is 10.6 Å². The van der Waals surface area contributed by atoms with Crippen molar-refractivity contribution >= 4 is 11.8 Å². The summed E-state index contributed by atoms with van der Waals surface area (Å²) in [5, 5.41) is 6.36. The standard InChI is InChI=1S/C24H34N2O2/c1-15(13-23(2,3)4)11-19(27)25-14-24(9-10-24)26-22(28)21-18-12-16-7-5-6-8-17(16)20(18)21/h5-8,15,18,20-21H,9-14H2,1-4H3,(H,25,27)(H,26,28). The van der Waals surface area contributed by atoms with E-state index in [-0.39, 0.29) is 28.7 Å². The Bertz CT molecular complexity index is 775. The molecule has 0 spiro atoms. The van der Waals surface area contributed by atoms with Crippen LogP contribution in [0.1, 0.15) is 70.4 Å². The normalized spacial score (nSPS) is 27.4. The predicted molar refractivity (Wildman–Crippen MR) is 111 cm³/mol. The van der Waals surface area contributed by atoms with Gasteiger partial charge < -0.3 is 10.6 Å². The zero-order valence-corrected chi connectivity index (χ0v) is 17.7. The number of carbonyl (C=O) groups is 2. The van der Waals surface area contributed by atoms with Gasteiger partial charge in [0.15, 0.2) is 0 Å². The van der Waals surface area contributed by atoms with E-state index in [9.17, 15) is 9.59 Å². The van der Waals surface area contributed by atoms with Gasteiger partial charge in [-0.05, 0) is 60.0 Å². The van der Waals surface area contributed by atoms with E-state index in [2.05, 4.69) is 62.6 Å². The zero-order chi connectivity index (χ0) is 20.1. The van der Waals surface area contributed by atoms with Crippen LogP contribution in [0.5, 0.6) is 0 Å². The molecule has 0 aromatic heterocycles. The summed E-state index contributed by atoms with van der Waals surface area (Å²) in [7, 11) is 0. The second kappa shape index (κ2) is 6.89. The SMILES string of the molecule is CC(CC(=O)NCC1(NC(=O)C2C3Cc4ccccc4C32)CC1)CC(C)(C)C. The summed E-state index contributed by atoms with van der Waals surface area (Å²) in [6.45, 7) is 9.34. The van der Waals surface area contributed by atoms with E-state index in [4.69, 9.17) is 0 Å². The Morgan fingerprint density at radius 1 is 1.21 bits per heavy atom. The second-order valence-corrected chi connectivity index (χ2v) is 10.7. The molecule has 28 heavy (non-hydrogen) atoms. The van der Waals surface area contributed by atoms with E-state index in [1.54, 1.807) is 0 Å². The van der Waals surface area contributed by atoms with Crippen LogP contribution in [-0.4, -0.2) is 23.9 Å². The topological polar surface area (TPSA) is 58.2 Å². The maximum absolute atomic E-state index is 12.8. The molecular weight excluding hydrogens is 348 g/mol. The molecule has 2 amide bonds. The van der Waals surface area contributed by atoms with Crippen LogP contribution >= 0.6 is 0 Å². The Morgan fingerprint density at radius 3 is 2.61 bits per heavy atom. The maximum atomic E-state index is 12.8. The van der Waals surface area contributed by atoms with Crippen molar-refractivity contribution in [1.82, 2.24) is 10.6 Å². The smallest absolute Gasteiger partial charge is 0.224 e. The van der Waals surface area contributed by atoms with E-state index in [0.717, 1.165) is 25.7 Å². The van der Waals surface area contributed by atoms with Gasteiger partial charge in [-0.3, -0.25) is 9.59 Å². The molecule has 2 saturated carbocycles. The van der Waals surface area contributed by atoms with Crippen LogP contribution in [0.4, 0.5) is 0 Å². The molecule has 2 fully saturated rings. The first kappa shape index (κ1) is 19.5. The fourth-order valence-corrected chi connectivity index (χ4v) is 5.32. The summed E-state index contributed by atoms with van der Waals surface area (Å²) in [5.74, 6) is 1.71. The Labute approximate surface area is 168 Å². The third-order valence-corrected chi connectivity index (χ3v) is 6.70. The molecule has 0 bridgehead atoms. The fourth-order valence-electron chi connectivity index (χ4n) is 5.32. The molecule has 1 aromatic rings. The van der Waals surface area contributed by atoms with E-state index in [1.807, 2.05) is 0 Å². The molecule has 0 heterocycles. The van der Waals surface area contributed by atoms with Gasteiger partial charge in [0, 0.05) is 18.9 Å². The van der Waals surface area contributed by atoms with Crippen LogP contribution in [0.25, 0.3) is 0 Å². The van der Waals surface area contributed by atoms with Gasteiger partial charge in [-0.15, -0.1) is 0 Å². The highest BCUT2D eigenvalue weighted by molar-refractivity contribution is 5.86. The predicted octanol–water partition coefficient (Wildman–Crippen LogP) is 3.80. The quantitative estimate of drug-likeness (QED) is 0.754. The fraction of sp³-hybridized carbons (Fsp3) is 0.667. The average Bonchev–Trinajstić information content (AvgIpc) is 3.48. The van der Waals surface area contributed by atoms with E-state index in [0.29, 0.717) is 30.7 Å². The minimum Gasteiger partial charge on any atom is -0.354 e. The summed E-state index contributed by atoms with van der Waals surface area (Å²) in [5.41, 5.74) is 2.83. The largest absolute Gasteiger partial charge is 0.354 e. The summed E-state index contributed by atoms with van der Waals surface area (Å²) >= 11 is 0. The average molecular weight is 383 g/mol. The summed E-state index contributed by atoms with van der Waals surface area (Å²) in [4.78, 5) is 25.2. The van der Waals surface area contributed by atoms with Crippen molar-refractivity contribution in [3.05, 3.63) is 35.4 Å². The molecule has 4 nitrogen and oxygen atoms in total. The van der Waals surface area contributed by atoms with Gasteiger partial charge in [-0.1, -0.05) is 52.0 Å². The van der Waals surface area contributed by atoms with E-state index < -0.39 is 0 Å². The first-order valence-corrected chi connectivity index (χ1v) is 10.8. The third kappa shape index (κ3) is 4.11. The van der Waals surface area contributed by atoms with Gasteiger partial charge in [-0.25, -0.2) is 0 Å². The molecule has 0 radical (unpaired) electrons. The number of fused-ring (bicyclic) bond motifs is 3. The van der Waals surface area contributed by atoms with E-state index >= 15 is 0 Å². The summed E-state index contributed by atoms with van der Waals surface area (Å²) < 4.78 is 0. The lowest BCUT2D eigenvalue weighted by Crippen LogP contribution is -2.46. The van der Waals surface area contributed by atoms with Crippen molar-refractivity contribution in [3.8, 4) is 0 Å². The molecule has 3 aliphatic rings. The van der Waals surface area contributed by atoms with Crippen LogP contribution in [0.15, 0.2) is 24.3 Å². The Balaban J connectivity index is 1.24. The molecular formula is C24H34N2O2.